The predicted octanol–water partition coefficient (Wildman–Crippen LogP) is 2.97. The summed E-state index contributed by atoms with van der Waals surface area (Å²) in [6.45, 7) is 0.330. The molecule has 80 valence electrons. The van der Waals surface area contributed by atoms with Gasteiger partial charge in [-0.2, -0.15) is 0 Å². The van der Waals surface area contributed by atoms with Crippen LogP contribution in [-0.4, -0.2) is 24.6 Å². The van der Waals surface area contributed by atoms with Crippen LogP contribution in [0.5, 0.6) is 0 Å². The lowest BCUT2D eigenvalue weighted by molar-refractivity contribution is 0.122. The van der Waals surface area contributed by atoms with E-state index in [0.717, 1.165) is 4.90 Å². The number of thioether (sulfide) groups is 1. The molecule has 1 aliphatic rings. The third kappa shape index (κ3) is 2.79. The van der Waals surface area contributed by atoms with Crippen LogP contribution in [0.1, 0.15) is 0 Å². The molecule has 5 heteroatoms. The number of ether oxygens (including phenoxy) is 2. The Labute approximate surface area is 96.7 Å². The molecule has 1 heterocycles. The zero-order valence-corrected chi connectivity index (χ0v) is 9.38. The highest BCUT2D eigenvalue weighted by Gasteiger charge is 2.24. The van der Waals surface area contributed by atoms with Gasteiger partial charge in [-0.15, -0.1) is 11.8 Å². The smallest absolute Gasteiger partial charge is 0.430 e. The van der Waals surface area contributed by atoms with Gasteiger partial charge in [0.05, 0.1) is 5.02 Å². The molecule has 1 unspecified atom stereocenters. The third-order valence-electron chi connectivity index (χ3n) is 1.91. The molecule has 0 aromatic heterocycles. The Balaban J connectivity index is 1.88. The highest BCUT2D eigenvalue weighted by atomic mass is 35.5. The molecule has 0 aliphatic carbocycles. The van der Waals surface area contributed by atoms with E-state index >= 15 is 0 Å². The Morgan fingerprint density at radius 1 is 1.47 bits per heavy atom. The topological polar surface area (TPSA) is 35.5 Å². The van der Waals surface area contributed by atoms with Crippen molar-refractivity contribution in [3.63, 3.8) is 0 Å². The third-order valence-corrected chi connectivity index (χ3v) is 3.56. The van der Waals surface area contributed by atoms with Crippen LogP contribution in [0, 0.1) is 0 Å². The average molecular weight is 245 g/mol. The van der Waals surface area contributed by atoms with Gasteiger partial charge in [0.15, 0.2) is 0 Å². The van der Waals surface area contributed by atoms with Crippen molar-refractivity contribution in [3.05, 3.63) is 29.3 Å². The molecule has 1 atom stereocenters. The van der Waals surface area contributed by atoms with Crippen molar-refractivity contribution < 1.29 is 14.3 Å². The van der Waals surface area contributed by atoms with E-state index in [1.165, 1.54) is 0 Å². The first-order valence-corrected chi connectivity index (χ1v) is 5.83. The maximum Gasteiger partial charge on any atom is 0.508 e. The molecule has 1 aromatic rings. The van der Waals surface area contributed by atoms with Gasteiger partial charge >= 0.3 is 6.16 Å². The Morgan fingerprint density at radius 3 is 2.93 bits per heavy atom. The maximum atomic E-state index is 10.7. The van der Waals surface area contributed by atoms with Crippen LogP contribution in [-0.2, 0) is 9.47 Å². The van der Waals surface area contributed by atoms with Gasteiger partial charge < -0.3 is 9.47 Å². The minimum absolute atomic E-state index is 0.168. The zero-order chi connectivity index (χ0) is 10.7. The highest BCUT2D eigenvalue weighted by Crippen LogP contribution is 2.28. The predicted molar refractivity (Wildman–Crippen MR) is 58.4 cm³/mol. The fraction of sp³-hybridized carbons (Fsp3) is 0.300. The van der Waals surface area contributed by atoms with Crippen LogP contribution >= 0.6 is 23.4 Å². The Bertz CT molecular complexity index is 369. The average Bonchev–Trinajstić information content (AvgIpc) is 2.63. The molecule has 0 N–H and O–H groups in total. The van der Waals surface area contributed by atoms with Crippen LogP contribution in [0.3, 0.4) is 0 Å². The van der Waals surface area contributed by atoms with Crippen LogP contribution in [0.15, 0.2) is 29.2 Å². The molecule has 1 aliphatic heterocycles. The fourth-order valence-corrected chi connectivity index (χ4v) is 2.40. The number of rotatable bonds is 3. The van der Waals surface area contributed by atoms with Crippen molar-refractivity contribution >= 4 is 29.5 Å². The number of hydrogen-bond donors (Lipinski definition) is 0. The summed E-state index contributed by atoms with van der Waals surface area (Å²) in [5.41, 5.74) is 0. The van der Waals surface area contributed by atoms with E-state index in [1.54, 1.807) is 11.8 Å². The SMILES string of the molecule is O=C1OCC(CSc2ccccc2Cl)O1. The zero-order valence-electron chi connectivity index (χ0n) is 7.81. The Morgan fingerprint density at radius 2 is 2.27 bits per heavy atom. The minimum Gasteiger partial charge on any atom is -0.430 e. The summed E-state index contributed by atoms with van der Waals surface area (Å²) in [5, 5.41) is 0.716. The van der Waals surface area contributed by atoms with Gasteiger partial charge in [-0.3, -0.25) is 0 Å². The Hall–Kier alpha value is -0.870. The summed E-state index contributed by atoms with van der Waals surface area (Å²) in [4.78, 5) is 11.6. The number of carbonyl (C=O) groups excluding carboxylic acids is 1. The monoisotopic (exact) mass is 244 g/mol. The molecule has 1 fully saturated rings. The lowest BCUT2D eigenvalue weighted by Gasteiger charge is -2.06. The largest absolute Gasteiger partial charge is 0.508 e. The van der Waals surface area contributed by atoms with Gasteiger partial charge in [-0.25, -0.2) is 4.79 Å². The number of hydrogen-bond acceptors (Lipinski definition) is 4. The summed E-state index contributed by atoms with van der Waals surface area (Å²) in [5.74, 6) is 0.662. The first kappa shape index (κ1) is 10.6. The van der Waals surface area contributed by atoms with Crippen LogP contribution < -0.4 is 0 Å². The highest BCUT2D eigenvalue weighted by molar-refractivity contribution is 7.99. The second kappa shape index (κ2) is 4.77. The van der Waals surface area contributed by atoms with Crippen molar-refractivity contribution in [3.8, 4) is 0 Å². The van der Waals surface area contributed by atoms with E-state index in [2.05, 4.69) is 4.74 Å². The molecule has 0 amide bonds. The molecule has 0 radical (unpaired) electrons. The molecule has 1 aromatic carbocycles. The fourth-order valence-electron chi connectivity index (χ4n) is 1.19. The number of carbonyl (C=O) groups is 1. The van der Waals surface area contributed by atoms with Crippen molar-refractivity contribution in [1.82, 2.24) is 0 Å². The lowest BCUT2D eigenvalue weighted by atomic mass is 10.4. The Kier molecular flexibility index (Phi) is 3.38. The summed E-state index contributed by atoms with van der Waals surface area (Å²) < 4.78 is 9.57. The minimum atomic E-state index is -0.584. The van der Waals surface area contributed by atoms with Crippen molar-refractivity contribution in [2.24, 2.45) is 0 Å². The van der Waals surface area contributed by atoms with Gasteiger partial charge in [-0.1, -0.05) is 23.7 Å². The van der Waals surface area contributed by atoms with Gasteiger partial charge in [0.2, 0.25) is 0 Å². The summed E-state index contributed by atoms with van der Waals surface area (Å²) in [6.07, 6.45) is -0.751. The van der Waals surface area contributed by atoms with Crippen LogP contribution in [0.4, 0.5) is 4.79 Å². The quantitative estimate of drug-likeness (QED) is 0.605. The number of halogens is 1. The first-order valence-electron chi connectivity index (χ1n) is 4.46. The maximum absolute atomic E-state index is 10.7. The first-order chi connectivity index (χ1) is 7.25. The second-order valence-corrected chi connectivity index (χ2v) is 4.51. The molecule has 15 heavy (non-hydrogen) atoms. The standard InChI is InChI=1S/C10H9ClO3S/c11-8-3-1-2-4-9(8)15-6-7-5-13-10(12)14-7/h1-4,7H,5-6H2. The normalized spacial score (nSPS) is 19.8. The van der Waals surface area contributed by atoms with E-state index < -0.39 is 6.16 Å². The summed E-state index contributed by atoms with van der Waals surface area (Å²) in [6, 6.07) is 7.57. The number of cyclic esters (lactones) is 2. The van der Waals surface area contributed by atoms with E-state index in [9.17, 15) is 4.79 Å². The van der Waals surface area contributed by atoms with Crippen molar-refractivity contribution in [2.45, 2.75) is 11.0 Å². The van der Waals surface area contributed by atoms with E-state index in [4.69, 9.17) is 16.3 Å². The molecule has 3 nitrogen and oxygen atoms in total. The van der Waals surface area contributed by atoms with Gasteiger partial charge in [0.1, 0.15) is 12.7 Å². The van der Waals surface area contributed by atoms with E-state index in [1.807, 2.05) is 24.3 Å². The van der Waals surface area contributed by atoms with Gasteiger partial charge in [-0.05, 0) is 12.1 Å². The molecule has 1 saturated heterocycles. The summed E-state index contributed by atoms with van der Waals surface area (Å²) in [7, 11) is 0. The molecule has 0 spiro atoms. The molecule has 0 bridgehead atoms. The van der Waals surface area contributed by atoms with Crippen molar-refractivity contribution in [1.29, 1.82) is 0 Å². The molecular formula is C10H9ClO3S. The second-order valence-electron chi connectivity index (χ2n) is 3.04. The molecular weight excluding hydrogens is 236 g/mol. The van der Waals surface area contributed by atoms with Gasteiger partial charge in [0, 0.05) is 10.6 Å². The van der Waals surface area contributed by atoms with Crippen LogP contribution in [0.25, 0.3) is 0 Å². The van der Waals surface area contributed by atoms with Gasteiger partial charge in [0.25, 0.3) is 0 Å². The molecule has 2 rings (SSSR count). The lowest BCUT2D eigenvalue weighted by Crippen LogP contribution is -2.12. The van der Waals surface area contributed by atoms with Crippen molar-refractivity contribution in [2.75, 3.05) is 12.4 Å². The van der Waals surface area contributed by atoms with E-state index in [0.29, 0.717) is 17.4 Å². The van der Waals surface area contributed by atoms with E-state index in [-0.39, 0.29) is 6.10 Å². The van der Waals surface area contributed by atoms with Crippen LogP contribution in [0.2, 0.25) is 5.02 Å². The molecule has 0 saturated carbocycles. The number of benzene rings is 1. The summed E-state index contributed by atoms with van der Waals surface area (Å²) >= 11 is 7.54.